The van der Waals surface area contributed by atoms with Crippen LogP contribution in [0.3, 0.4) is 0 Å². The second-order valence-corrected chi connectivity index (χ2v) is 5.17. The lowest BCUT2D eigenvalue weighted by Gasteiger charge is -1.99. The highest BCUT2D eigenvalue weighted by Gasteiger charge is 2.19. The maximum atomic E-state index is 11.9. The van der Waals surface area contributed by atoms with Crippen LogP contribution >= 0.6 is 11.6 Å². The van der Waals surface area contributed by atoms with Gasteiger partial charge in [-0.3, -0.25) is 9.42 Å². The molecule has 1 amide bonds. The molecule has 0 bridgehead atoms. The average Bonchev–Trinajstić information content (AvgIpc) is 2.97. The highest BCUT2D eigenvalue weighted by atomic mass is 35.5. The smallest absolute Gasteiger partial charge is 0.271 e. The van der Waals surface area contributed by atoms with Crippen molar-refractivity contribution in [3.63, 3.8) is 0 Å². The number of rotatable bonds is 4. The zero-order valence-electron chi connectivity index (χ0n) is 12.2. The topological polar surface area (TPSA) is 94.4 Å². The number of benzene rings is 2. The van der Waals surface area contributed by atoms with Gasteiger partial charge in [0.1, 0.15) is 6.21 Å². The zero-order valence-corrected chi connectivity index (χ0v) is 13.0. The van der Waals surface area contributed by atoms with Gasteiger partial charge in [-0.1, -0.05) is 41.9 Å². The fraction of sp³-hybridized carbons (Fsp3) is 0. The summed E-state index contributed by atoms with van der Waals surface area (Å²) in [5.74, 6) is -0.432. The van der Waals surface area contributed by atoms with Crippen molar-refractivity contribution >= 4 is 23.7 Å². The molecule has 8 heteroatoms. The van der Waals surface area contributed by atoms with Crippen molar-refractivity contribution in [3.8, 4) is 11.3 Å². The molecule has 2 aromatic carbocycles. The van der Waals surface area contributed by atoms with E-state index in [9.17, 15) is 10.0 Å². The first-order valence-electron chi connectivity index (χ1n) is 6.89. The molecule has 0 atom stereocenters. The lowest BCUT2D eigenvalue weighted by atomic mass is 10.1. The van der Waals surface area contributed by atoms with Crippen LogP contribution in [0.1, 0.15) is 16.1 Å². The van der Waals surface area contributed by atoms with Crippen LogP contribution in [0.25, 0.3) is 11.3 Å². The molecule has 3 aromatic rings. The zero-order chi connectivity index (χ0) is 16.9. The SMILES string of the molecule is O=C(N/N=C/c1c(-c2ccccc2)no[n+]1[O-])c1ccc(Cl)cc1. The van der Waals surface area contributed by atoms with Crippen LogP contribution in [0.15, 0.2) is 64.3 Å². The summed E-state index contributed by atoms with van der Waals surface area (Å²) in [6.07, 6.45) is 1.18. The number of nitrogens with one attached hydrogen (secondary N) is 1. The van der Waals surface area contributed by atoms with Gasteiger partial charge in [-0.2, -0.15) is 5.10 Å². The van der Waals surface area contributed by atoms with Gasteiger partial charge >= 0.3 is 0 Å². The second kappa shape index (κ2) is 6.93. The van der Waals surface area contributed by atoms with Crippen LogP contribution in [0.2, 0.25) is 5.02 Å². The van der Waals surface area contributed by atoms with Crippen molar-refractivity contribution in [2.24, 2.45) is 5.10 Å². The maximum absolute atomic E-state index is 11.9. The van der Waals surface area contributed by atoms with Crippen LogP contribution in [0.5, 0.6) is 0 Å². The molecular formula is C16H11ClN4O3. The fourth-order valence-electron chi connectivity index (χ4n) is 1.98. The van der Waals surface area contributed by atoms with Gasteiger partial charge in [0.15, 0.2) is 0 Å². The van der Waals surface area contributed by atoms with Gasteiger partial charge in [-0.15, -0.1) is 0 Å². The molecule has 0 radical (unpaired) electrons. The molecule has 120 valence electrons. The molecule has 24 heavy (non-hydrogen) atoms. The van der Waals surface area contributed by atoms with E-state index >= 15 is 0 Å². The number of nitrogens with zero attached hydrogens (tertiary/aromatic N) is 3. The quantitative estimate of drug-likeness (QED) is 0.447. The van der Waals surface area contributed by atoms with Crippen LogP contribution in [0, 0.1) is 5.21 Å². The third-order valence-corrected chi connectivity index (χ3v) is 3.40. The molecule has 0 aliphatic carbocycles. The summed E-state index contributed by atoms with van der Waals surface area (Å²) in [7, 11) is 0. The van der Waals surface area contributed by atoms with E-state index in [4.69, 9.17) is 11.6 Å². The first-order chi connectivity index (χ1) is 11.6. The summed E-state index contributed by atoms with van der Waals surface area (Å²) in [5, 5.41) is 19.7. The number of hydrogen-bond donors (Lipinski definition) is 1. The average molecular weight is 343 g/mol. The van der Waals surface area contributed by atoms with Gasteiger partial charge in [0, 0.05) is 21.3 Å². The number of halogens is 1. The molecule has 0 aliphatic heterocycles. The first-order valence-corrected chi connectivity index (χ1v) is 7.27. The molecule has 0 aliphatic rings. The molecule has 0 unspecified atom stereocenters. The number of hydrazone groups is 1. The van der Waals surface area contributed by atoms with Crippen LogP contribution in [0.4, 0.5) is 0 Å². The Morgan fingerprint density at radius 2 is 1.92 bits per heavy atom. The van der Waals surface area contributed by atoms with Gasteiger partial charge < -0.3 is 5.21 Å². The van der Waals surface area contributed by atoms with Gasteiger partial charge in [0.2, 0.25) is 5.69 Å². The number of carbonyl (C=O) groups excluding carboxylic acids is 1. The number of amides is 1. The summed E-state index contributed by atoms with van der Waals surface area (Å²) in [5.41, 5.74) is 3.82. The third-order valence-electron chi connectivity index (χ3n) is 3.15. The predicted molar refractivity (Wildman–Crippen MR) is 87.4 cm³/mol. The van der Waals surface area contributed by atoms with E-state index in [0.29, 0.717) is 21.8 Å². The van der Waals surface area contributed by atoms with Crippen LogP contribution < -0.4 is 10.3 Å². The number of carbonyl (C=O) groups is 1. The number of hydrogen-bond acceptors (Lipinski definition) is 5. The molecule has 1 N–H and O–H groups in total. The number of aromatic nitrogens is 2. The van der Waals surface area contributed by atoms with Gasteiger partial charge in [-0.25, -0.2) is 5.43 Å². The summed E-state index contributed by atoms with van der Waals surface area (Å²) in [4.78, 5) is 12.2. The predicted octanol–water partition coefficient (Wildman–Crippen LogP) is 2.39. The van der Waals surface area contributed by atoms with E-state index in [2.05, 4.69) is 20.3 Å². The Kier molecular flexibility index (Phi) is 4.53. The van der Waals surface area contributed by atoms with Crippen LogP contribution in [-0.4, -0.2) is 17.3 Å². The van der Waals surface area contributed by atoms with Gasteiger partial charge in [-0.05, 0) is 29.2 Å². The molecule has 1 heterocycles. The Morgan fingerprint density at radius 3 is 2.62 bits per heavy atom. The van der Waals surface area contributed by atoms with Crippen molar-refractivity contribution in [1.82, 2.24) is 10.6 Å². The highest BCUT2D eigenvalue weighted by molar-refractivity contribution is 6.30. The van der Waals surface area contributed by atoms with Crippen molar-refractivity contribution in [3.05, 3.63) is 76.1 Å². The maximum Gasteiger partial charge on any atom is 0.271 e. The Balaban J connectivity index is 1.77. The summed E-state index contributed by atoms with van der Waals surface area (Å²) in [6.45, 7) is 0. The monoisotopic (exact) mass is 342 g/mol. The molecule has 3 rings (SSSR count). The van der Waals surface area contributed by atoms with Crippen molar-refractivity contribution in [2.45, 2.75) is 0 Å². The van der Waals surface area contributed by atoms with Crippen molar-refractivity contribution in [2.75, 3.05) is 0 Å². The molecule has 0 spiro atoms. The Bertz CT molecular complexity index is 876. The summed E-state index contributed by atoms with van der Waals surface area (Å²) < 4.78 is 4.60. The highest BCUT2D eigenvalue weighted by Crippen LogP contribution is 2.17. The van der Waals surface area contributed by atoms with Crippen LogP contribution in [-0.2, 0) is 0 Å². The molecule has 7 nitrogen and oxygen atoms in total. The molecule has 0 saturated heterocycles. The van der Waals surface area contributed by atoms with Gasteiger partial charge in [0.05, 0.1) is 0 Å². The fourth-order valence-corrected chi connectivity index (χ4v) is 2.10. The Hall–Kier alpha value is -3.19. The Labute approximate surface area is 141 Å². The molecule has 1 aromatic heterocycles. The van der Waals surface area contributed by atoms with E-state index in [1.807, 2.05) is 18.2 Å². The molecule has 0 saturated carbocycles. The third kappa shape index (κ3) is 3.41. The second-order valence-electron chi connectivity index (χ2n) is 4.74. The minimum atomic E-state index is -0.432. The summed E-state index contributed by atoms with van der Waals surface area (Å²) >= 11 is 5.77. The normalized spacial score (nSPS) is 10.9. The van der Waals surface area contributed by atoms with E-state index < -0.39 is 5.91 Å². The van der Waals surface area contributed by atoms with E-state index in [-0.39, 0.29) is 10.6 Å². The molecular weight excluding hydrogens is 332 g/mol. The standard InChI is InChI=1S/C16H11ClN4O3/c17-13-8-6-12(7-9-13)16(22)19-18-10-14-15(20-24-21(14)23)11-4-2-1-3-5-11/h1-10H,(H,19,22)/b18-10+. The van der Waals surface area contributed by atoms with Gasteiger partial charge in [0.25, 0.3) is 11.6 Å². The summed E-state index contributed by atoms with van der Waals surface area (Å²) in [6, 6.07) is 15.3. The lowest BCUT2D eigenvalue weighted by molar-refractivity contribution is -0.803. The lowest BCUT2D eigenvalue weighted by Crippen LogP contribution is -2.28. The first kappa shape index (κ1) is 15.7. The van der Waals surface area contributed by atoms with E-state index in [1.54, 1.807) is 36.4 Å². The van der Waals surface area contributed by atoms with E-state index in [1.165, 1.54) is 6.21 Å². The van der Waals surface area contributed by atoms with Crippen molar-refractivity contribution in [1.29, 1.82) is 0 Å². The minimum Gasteiger partial charge on any atom is -0.359 e. The Morgan fingerprint density at radius 1 is 1.21 bits per heavy atom. The molecule has 0 fully saturated rings. The minimum absolute atomic E-state index is 0.0811. The van der Waals surface area contributed by atoms with Crippen molar-refractivity contribution < 1.29 is 14.3 Å². The largest absolute Gasteiger partial charge is 0.359 e. The van der Waals surface area contributed by atoms with E-state index in [0.717, 1.165) is 0 Å².